The average molecular weight is 285 g/mol. The second-order valence-electron chi connectivity index (χ2n) is 5.48. The SMILES string of the molecule is CCCCCCCCCCC(CC)C(=O)NCC(=O)O. The standard InChI is InChI=1S/C16H31NO3/c1-3-5-6-7-8-9-10-11-12-14(4-2)16(20)17-13-15(18)19/h14H,3-13H2,1-2H3,(H,17,20)(H,18,19). The number of carboxylic acid groups (broad SMARTS) is 1. The van der Waals surface area contributed by atoms with Crippen LogP contribution in [-0.2, 0) is 9.59 Å². The van der Waals surface area contributed by atoms with E-state index in [0.29, 0.717) is 0 Å². The average Bonchev–Trinajstić information content (AvgIpc) is 2.43. The lowest BCUT2D eigenvalue weighted by Gasteiger charge is -2.13. The molecule has 0 heterocycles. The second-order valence-corrected chi connectivity index (χ2v) is 5.48. The van der Waals surface area contributed by atoms with Crippen molar-refractivity contribution in [3.8, 4) is 0 Å². The molecule has 1 amide bonds. The van der Waals surface area contributed by atoms with E-state index in [-0.39, 0.29) is 18.4 Å². The first kappa shape index (κ1) is 18.9. The highest BCUT2D eigenvalue weighted by molar-refractivity contribution is 5.82. The van der Waals surface area contributed by atoms with Gasteiger partial charge < -0.3 is 10.4 Å². The first-order valence-corrected chi connectivity index (χ1v) is 8.11. The lowest BCUT2D eigenvalue weighted by molar-refractivity contribution is -0.138. The summed E-state index contributed by atoms with van der Waals surface area (Å²) >= 11 is 0. The van der Waals surface area contributed by atoms with Gasteiger partial charge in [0, 0.05) is 5.92 Å². The Labute approximate surface area is 123 Å². The molecule has 2 N–H and O–H groups in total. The van der Waals surface area contributed by atoms with E-state index in [1.54, 1.807) is 0 Å². The van der Waals surface area contributed by atoms with Crippen molar-refractivity contribution >= 4 is 11.9 Å². The number of nitrogens with one attached hydrogen (secondary N) is 1. The van der Waals surface area contributed by atoms with Crippen LogP contribution < -0.4 is 5.32 Å². The van der Waals surface area contributed by atoms with Crippen molar-refractivity contribution in [3.63, 3.8) is 0 Å². The zero-order valence-electron chi connectivity index (χ0n) is 13.1. The minimum Gasteiger partial charge on any atom is -0.480 e. The maximum absolute atomic E-state index is 11.7. The van der Waals surface area contributed by atoms with Gasteiger partial charge in [0.25, 0.3) is 0 Å². The molecule has 4 heteroatoms. The van der Waals surface area contributed by atoms with Gasteiger partial charge >= 0.3 is 5.97 Å². The molecule has 1 atom stereocenters. The number of carbonyl (C=O) groups excluding carboxylic acids is 1. The van der Waals surface area contributed by atoms with Gasteiger partial charge in [0.15, 0.2) is 0 Å². The van der Waals surface area contributed by atoms with Crippen LogP contribution in [0.5, 0.6) is 0 Å². The number of carboxylic acids is 1. The van der Waals surface area contributed by atoms with E-state index in [1.807, 2.05) is 6.92 Å². The smallest absolute Gasteiger partial charge is 0.322 e. The molecule has 0 fully saturated rings. The van der Waals surface area contributed by atoms with Gasteiger partial charge in [0.2, 0.25) is 5.91 Å². The number of amides is 1. The lowest BCUT2D eigenvalue weighted by atomic mass is 9.97. The van der Waals surface area contributed by atoms with Gasteiger partial charge in [-0.2, -0.15) is 0 Å². The fraction of sp³-hybridized carbons (Fsp3) is 0.875. The summed E-state index contributed by atoms with van der Waals surface area (Å²) in [6.07, 6.45) is 11.7. The monoisotopic (exact) mass is 285 g/mol. The van der Waals surface area contributed by atoms with E-state index in [2.05, 4.69) is 12.2 Å². The Hall–Kier alpha value is -1.06. The summed E-state index contributed by atoms with van der Waals surface area (Å²) in [5.41, 5.74) is 0. The third-order valence-corrected chi connectivity index (χ3v) is 3.68. The van der Waals surface area contributed by atoms with Crippen molar-refractivity contribution in [2.75, 3.05) is 6.54 Å². The summed E-state index contributed by atoms with van der Waals surface area (Å²) in [6.45, 7) is 3.93. The van der Waals surface area contributed by atoms with Gasteiger partial charge in [0.05, 0.1) is 0 Å². The molecule has 0 radical (unpaired) electrons. The molecule has 0 aromatic carbocycles. The Kier molecular flexibility index (Phi) is 12.3. The molecule has 0 rings (SSSR count). The van der Waals surface area contributed by atoms with Crippen LogP contribution in [0, 0.1) is 5.92 Å². The van der Waals surface area contributed by atoms with Crippen LogP contribution in [0.25, 0.3) is 0 Å². The molecule has 0 spiro atoms. The van der Waals surface area contributed by atoms with Crippen LogP contribution in [0.2, 0.25) is 0 Å². The number of carbonyl (C=O) groups is 2. The molecule has 0 aliphatic rings. The molecule has 4 nitrogen and oxygen atoms in total. The number of unbranched alkanes of at least 4 members (excludes halogenated alkanes) is 7. The molecule has 0 aliphatic carbocycles. The van der Waals surface area contributed by atoms with Crippen LogP contribution >= 0.6 is 0 Å². The zero-order valence-corrected chi connectivity index (χ0v) is 13.1. The van der Waals surface area contributed by atoms with E-state index < -0.39 is 5.97 Å². The Balaban J connectivity index is 3.58. The Bertz CT molecular complexity index is 266. The maximum atomic E-state index is 11.7. The fourth-order valence-electron chi connectivity index (χ4n) is 2.35. The van der Waals surface area contributed by atoms with Gasteiger partial charge in [-0.25, -0.2) is 0 Å². The van der Waals surface area contributed by atoms with Crippen LogP contribution in [0.3, 0.4) is 0 Å². The summed E-state index contributed by atoms with van der Waals surface area (Å²) in [4.78, 5) is 22.1. The highest BCUT2D eigenvalue weighted by Gasteiger charge is 2.16. The van der Waals surface area contributed by atoms with E-state index in [4.69, 9.17) is 5.11 Å². The Morgan fingerprint density at radius 1 is 0.950 bits per heavy atom. The van der Waals surface area contributed by atoms with Gasteiger partial charge in [-0.15, -0.1) is 0 Å². The molecule has 1 unspecified atom stereocenters. The molecule has 0 aromatic rings. The van der Waals surface area contributed by atoms with Crippen molar-refractivity contribution in [2.24, 2.45) is 5.92 Å². The molecular weight excluding hydrogens is 254 g/mol. The van der Waals surface area contributed by atoms with Gasteiger partial charge in [-0.1, -0.05) is 65.2 Å². The van der Waals surface area contributed by atoms with Gasteiger partial charge in [-0.3, -0.25) is 9.59 Å². The lowest BCUT2D eigenvalue weighted by Crippen LogP contribution is -2.34. The topological polar surface area (TPSA) is 66.4 Å². The van der Waals surface area contributed by atoms with Crippen molar-refractivity contribution in [1.29, 1.82) is 0 Å². The first-order valence-electron chi connectivity index (χ1n) is 8.11. The van der Waals surface area contributed by atoms with E-state index >= 15 is 0 Å². The van der Waals surface area contributed by atoms with Crippen molar-refractivity contribution in [2.45, 2.75) is 78.1 Å². The summed E-state index contributed by atoms with van der Waals surface area (Å²) in [5.74, 6) is -1.13. The first-order chi connectivity index (χ1) is 9.61. The summed E-state index contributed by atoms with van der Waals surface area (Å²) in [6, 6.07) is 0. The van der Waals surface area contributed by atoms with E-state index in [1.165, 1.54) is 44.9 Å². The molecular formula is C16H31NO3. The number of aliphatic carboxylic acids is 1. The quantitative estimate of drug-likeness (QED) is 0.506. The number of hydrogen-bond acceptors (Lipinski definition) is 2. The predicted molar refractivity (Wildman–Crippen MR) is 81.7 cm³/mol. The number of rotatable bonds is 13. The Morgan fingerprint density at radius 2 is 1.50 bits per heavy atom. The summed E-state index contributed by atoms with van der Waals surface area (Å²) in [7, 11) is 0. The third-order valence-electron chi connectivity index (χ3n) is 3.68. The molecule has 0 bridgehead atoms. The maximum Gasteiger partial charge on any atom is 0.322 e. The van der Waals surface area contributed by atoms with Gasteiger partial charge in [0.1, 0.15) is 6.54 Å². The fourth-order valence-corrected chi connectivity index (χ4v) is 2.35. The van der Waals surface area contributed by atoms with Crippen molar-refractivity contribution < 1.29 is 14.7 Å². The van der Waals surface area contributed by atoms with E-state index in [0.717, 1.165) is 19.3 Å². The summed E-state index contributed by atoms with van der Waals surface area (Å²) in [5, 5.41) is 11.0. The highest BCUT2D eigenvalue weighted by Crippen LogP contribution is 2.15. The number of hydrogen-bond donors (Lipinski definition) is 2. The largest absolute Gasteiger partial charge is 0.480 e. The third kappa shape index (κ3) is 10.8. The highest BCUT2D eigenvalue weighted by atomic mass is 16.4. The molecule has 0 aromatic heterocycles. The molecule has 0 aliphatic heterocycles. The van der Waals surface area contributed by atoms with Crippen molar-refractivity contribution in [3.05, 3.63) is 0 Å². The van der Waals surface area contributed by atoms with Crippen LogP contribution in [0.1, 0.15) is 78.1 Å². The normalized spacial score (nSPS) is 12.1. The van der Waals surface area contributed by atoms with Crippen LogP contribution in [0.4, 0.5) is 0 Å². The van der Waals surface area contributed by atoms with Gasteiger partial charge in [-0.05, 0) is 12.8 Å². The molecule has 0 saturated carbocycles. The van der Waals surface area contributed by atoms with Crippen LogP contribution in [0.15, 0.2) is 0 Å². The van der Waals surface area contributed by atoms with E-state index in [9.17, 15) is 9.59 Å². The molecule has 20 heavy (non-hydrogen) atoms. The molecule has 118 valence electrons. The Morgan fingerprint density at radius 3 is 2.00 bits per heavy atom. The van der Waals surface area contributed by atoms with Crippen molar-refractivity contribution in [1.82, 2.24) is 5.32 Å². The molecule has 0 saturated heterocycles. The second kappa shape index (κ2) is 12.9. The minimum absolute atomic E-state index is 0.0329. The predicted octanol–water partition coefficient (Wildman–Crippen LogP) is 3.74. The van der Waals surface area contributed by atoms with Crippen LogP contribution in [-0.4, -0.2) is 23.5 Å². The zero-order chi connectivity index (χ0) is 15.2. The minimum atomic E-state index is -0.986. The summed E-state index contributed by atoms with van der Waals surface area (Å²) < 4.78 is 0.